The monoisotopic (exact) mass is 291 g/mol. The smallest absolute Gasteiger partial charge is 0.101 e. The Hall–Kier alpha value is -1.24. The minimum absolute atomic E-state index is 0.0742. The molecular formula is C16H22ClN3. The number of halogens is 1. The van der Waals surface area contributed by atoms with Crippen molar-refractivity contribution >= 4 is 17.3 Å². The minimum atomic E-state index is 0.0742. The lowest BCUT2D eigenvalue weighted by molar-refractivity contribution is 0.170. The first kappa shape index (κ1) is 15.2. The molecule has 0 saturated carbocycles. The molecule has 0 spiro atoms. The maximum Gasteiger partial charge on any atom is 0.101 e. The van der Waals surface area contributed by atoms with Gasteiger partial charge in [-0.3, -0.25) is 0 Å². The molecule has 0 amide bonds. The van der Waals surface area contributed by atoms with Gasteiger partial charge in [-0.2, -0.15) is 5.26 Å². The van der Waals surface area contributed by atoms with E-state index in [1.807, 2.05) is 6.07 Å². The Labute approximate surface area is 126 Å². The zero-order valence-corrected chi connectivity index (χ0v) is 13.3. The highest BCUT2D eigenvalue weighted by atomic mass is 35.5. The lowest BCUT2D eigenvalue weighted by Crippen LogP contribution is -2.60. The van der Waals surface area contributed by atoms with E-state index in [9.17, 15) is 5.26 Å². The molecule has 2 N–H and O–H groups in total. The van der Waals surface area contributed by atoms with Crippen LogP contribution in [0.4, 0.5) is 5.69 Å². The van der Waals surface area contributed by atoms with Gasteiger partial charge in [0.1, 0.15) is 6.07 Å². The Kier molecular flexibility index (Phi) is 4.00. The van der Waals surface area contributed by atoms with Crippen LogP contribution in [0.2, 0.25) is 5.02 Å². The number of nitrogens with one attached hydrogen (secondary N) is 2. The average molecular weight is 292 g/mol. The van der Waals surface area contributed by atoms with Crippen molar-refractivity contribution in [2.24, 2.45) is 0 Å². The molecule has 1 aliphatic rings. The van der Waals surface area contributed by atoms with Crippen LogP contribution in [0.1, 0.15) is 46.1 Å². The van der Waals surface area contributed by atoms with Crippen molar-refractivity contribution in [2.45, 2.75) is 57.7 Å². The van der Waals surface area contributed by atoms with Crippen LogP contribution in [-0.2, 0) is 0 Å². The molecule has 0 unspecified atom stereocenters. The Morgan fingerprint density at radius 1 is 1.25 bits per heavy atom. The van der Waals surface area contributed by atoms with Crippen molar-refractivity contribution in [2.75, 3.05) is 5.32 Å². The van der Waals surface area contributed by atoms with Crippen molar-refractivity contribution < 1.29 is 0 Å². The van der Waals surface area contributed by atoms with E-state index in [2.05, 4.69) is 44.4 Å². The summed E-state index contributed by atoms with van der Waals surface area (Å²) in [5, 5.41) is 17.0. The first-order valence-corrected chi connectivity index (χ1v) is 7.34. The van der Waals surface area contributed by atoms with Crippen LogP contribution in [0.15, 0.2) is 18.2 Å². The molecule has 1 saturated heterocycles. The number of nitrogens with zero attached hydrogens (tertiary/aromatic N) is 1. The van der Waals surface area contributed by atoms with Gasteiger partial charge in [0, 0.05) is 22.1 Å². The summed E-state index contributed by atoms with van der Waals surface area (Å²) in [6.07, 6.45) is 2.02. The summed E-state index contributed by atoms with van der Waals surface area (Å²) in [6, 6.07) is 7.90. The first-order chi connectivity index (χ1) is 9.21. The van der Waals surface area contributed by atoms with Crippen LogP contribution >= 0.6 is 11.6 Å². The summed E-state index contributed by atoms with van der Waals surface area (Å²) < 4.78 is 0. The Morgan fingerprint density at radius 3 is 2.40 bits per heavy atom. The normalized spacial score (nSPS) is 21.2. The maximum absolute atomic E-state index is 9.20. The number of rotatable bonds is 2. The quantitative estimate of drug-likeness (QED) is 0.868. The Balaban J connectivity index is 2.22. The molecule has 20 heavy (non-hydrogen) atoms. The standard InChI is InChI=1S/C16H22ClN3/c1-15(2)8-13(9-16(3,4)20-15)19-14-7-12(17)6-5-11(14)10-18/h5-7,13,19-20H,8-9H2,1-4H3. The lowest BCUT2D eigenvalue weighted by Gasteiger charge is -2.47. The highest BCUT2D eigenvalue weighted by molar-refractivity contribution is 6.30. The fraction of sp³-hybridized carbons (Fsp3) is 0.562. The molecule has 0 aromatic heterocycles. The van der Waals surface area contributed by atoms with Crippen LogP contribution < -0.4 is 10.6 Å². The van der Waals surface area contributed by atoms with E-state index in [1.54, 1.807) is 12.1 Å². The molecule has 0 atom stereocenters. The van der Waals surface area contributed by atoms with E-state index in [0.717, 1.165) is 18.5 Å². The van der Waals surface area contributed by atoms with Crippen molar-refractivity contribution in [3.63, 3.8) is 0 Å². The van der Waals surface area contributed by atoms with Crippen LogP contribution in [0.25, 0.3) is 0 Å². The highest BCUT2D eigenvalue weighted by Crippen LogP contribution is 2.31. The SMILES string of the molecule is CC1(C)CC(Nc2cc(Cl)ccc2C#N)CC(C)(C)N1. The van der Waals surface area contributed by atoms with Gasteiger partial charge in [-0.1, -0.05) is 11.6 Å². The second-order valence-electron chi connectivity index (χ2n) is 6.94. The number of nitriles is 1. The van der Waals surface area contributed by atoms with Gasteiger partial charge in [0.25, 0.3) is 0 Å². The number of piperidine rings is 1. The third-order valence-electron chi connectivity index (χ3n) is 3.65. The van der Waals surface area contributed by atoms with Gasteiger partial charge >= 0.3 is 0 Å². The van der Waals surface area contributed by atoms with E-state index in [0.29, 0.717) is 16.6 Å². The summed E-state index contributed by atoms with van der Waals surface area (Å²) in [6.45, 7) is 8.86. The van der Waals surface area contributed by atoms with Gasteiger partial charge < -0.3 is 10.6 Å². The average Bonchev–Trinajstić information content (AvgIpc) is 2.24. The van der Waals surface area contributed by atoms with Gasteiger partial charge in [0.2, 0.25) is 0 Å². The van der Waals surface area contributed by atoms with E-state index < -0.39 is 0 Å². The van der Waals surface area contributed by atoms with Crippen LogP contribution in [0, 0.1) is 11.3 Å². The van der Waals surface area contributed by atoms with Gasteiger partial charge in [-0.15, -0.1) is 0 Å². The van der Waals surface area contributed by atoms with Crippen molar-refractivity contribution in [3.05, 3.63) is 28.8 Å². The molecule has 0 radical (unpaired) electrons. The van der Waals surface area contributed by atoms with E-state index in [-0.39, 0.29) is 11.1 Å². The fourth-order valence-electron chi connectivity index (χ4n) is 3.38. The van der Waals surface area contributed by atoms with Crippen molar-refractivity contribution in [3.8, 4) is 6.07 Å². The molecule has 1 aliphatic heterocycles. The number of hydrogen-bond acceptors (Lipinski definition) is 3. The van der Waals surface area contributed by atoms with Crippen LogP contribution in [0.5, 0.6) is 0 Å². The van der Waals surface area contributed by atoms with E-state index in [1.165, 1.54) is 0 Å². The molecule has 0 aliphatic carbocycles. The highest BCUT2D eigenvalue weighted by Gasteiger charge is 2.37. The number of anilines is 1. The predicted molar refractivity (Wildman–Crippen MR) is 84.1 cm³/mol. The second-order valence-corrected chi connectivity index (χ2v) is 7.38. The molecule has 3 nitrogen and oxygen atoms in total. The molecule has 1 fully saturated rings. The Bertz CT molecular complexity index is 527. The maximum atomic E-state index is 9.20. The molecule has 4 heteroatoms. The zero-order valence-electron chi connectivity index (χ0n) is 12.5. The molecule has 1 heterocycles. The van der Waals surface area contributed by atoms with Crippen LogP contribution in [0.3, 0.4) is 0 Å². The summed E-state index contributed by atoms with van der Waals surface area (Å²) in [4.78, 5) is 0. The van der Waals surface area contributed by atoms with Crippen molar-refractivity contribution in [1.82, 2.24) is 5.32 Å². The topological polar surface area (TPSA) is 47.9 Å². The third-order valence-corrected chi connectivity index (χ3v) is 3.89. The Morgan fingerprint density at radius 2 is 1.85 bits per heavy atom. The van der Waals surface area contributed by atoms with E-state index in [4.69, 9.17) is 11.6 Å². The molecule has 0 bridgehead atoms. The largest absolute Gasteiger partial charge is 0.381 e. The lowest BCUT2D eigenvalue weighted by atomic mass is 9.79. The summed E-state index contributed by atoms with van der Waals surface area (Å²) in [5.74, 6) is 0. The second kappa shape index (κ2) is 5.27. The summed E-state index contributed by atoms with van der Waals surface area (Å²) >= 11 is 6.04. The fourth-order valence-corrected chi connectivity index (χ4v) is 3.55. The van der Waals surface area contributed by atoms with Crippen LogP contribution in [-0.4, -0.2) is 17.1 Å². The molecule has 1 aromatic carbocycles. The minimum Gasteiger partial charge on any atom is -0.381 e. The predicted octanol–water partition coefficient (Wildman–Crippen LogP) is 3.93. The molecule has 2 rings (SSSR count). The van der Waals surface area contributed by atoms with Gasteiger partial charge in [0.05, 0.1) is 11.3 Å². The van der Waals surface area contributed by atoms with Gasteiger partial charge in [-0.25, -0.2) is 0 Å². The van der Waals surface area contributed by atoms with E-state index >= 15 is 0 Å². The summed E-state index contributed by atoms with van der Waals surface area (Å²) in [7, 11) is 0. The van der Waals surface area contributed by atoms with Gasteiger partial charge in [0.15, 0.2) is 0 Å². The number of benzene rings is 1. The van der Waals surface area contributed by atoms with Gasteiger partial charge in [-0.05, 0) is 58.7 Å². The number of hydrogen-bond donors (Lipinski definition) is 2. The van der Waals surface area contributed by atoms with Crippen molar-refractivity contribution in [1.29, 1.82) is 5.26 Å². The third kappa shape index (κ3) is 3.65. The molecular weight excluding hydrogens is 270 g/mol. The first-order valence-electron chi connectivity index (χ1n) is 6.96. The molecule has 108 valence electrons. The summed E-state index contributed by atoms with van der Waals surface area (Å²) in [5.41, 5.74) is 1.62. The molecule has 1 aromatic rings. The zero-order chi connectivity index (χ0) is 15.0.